The Balaban J connectivity index is 1.94. The summed E-state index contributed by atoms with van der Waals surface area (Å²) in [4.78, 5) is 12.3. The van der Waals surface area contributed by atoms with Gasteiger partial charge in [0.1, 0.15) is 0 Å². The van der Waals surface area contributed by atoms with Gasteiger partial charge in [0.2, 0.25) is 0 Å². The van der Waals surface area contributed by atoms with Crippen LogP contribution >= 0.6 is 39.5 Å². The number of halogens is 1. The molecule has 0 radical (unpaired) electrons. The molecule has 3 atom stereocenters. The SMILES string of the molecule is CC1SCC(C(=O)Cc2ccc(Br)cc2)SC1C. The number of carbonyl (C=O) groups is 1. The predicted octanol–water partition coefficient (Wildman–Crippen LogP) is 4.19. The van der Waals surface area contributed by atoms with Gasteiger partial charge >= 0.3 is 0 Å². The van der Waals surface area contributed by atoms with Gasteiger partial charge < -0.3 is 0 Å². The molecule has 0 bridgehead atoms. The minimum Gasteiger partial charge on any atom is -0.298 e. The van der Waals surface area contributed by atoms with Gasteiger partial charge in [0, 0.05) is 27.1 Å². The fourth-order valence-corrected chi connectivity index (χ4v) is 5.02. The van der Waals surface area contributed by atoms with Crippen LogP contribution in [0.1, 0.15) is 19.4 Å². The lowest BCUT2D eigenvalue weighted by Gasteiger charge is -2.30. The van der Waals surface area contributed by atoms with Crippen LogP contribution in [0.25, 0.3) is 0 Å². The minimum absolute atomic E-state index is 0.171. The van der Waals surface area contributed by atoms with Gasteiger partial charge in [-0.25, -0.2) is 0 Å². The van der Waals surface area contributed by atoms with Crippen LogP contribution in [0, 0.1) is 0 Å². The van der Waals surface area contributed by atoms with Gasteiger partial charge in [0.05, 0.1) is 5.25 Å². The van der Waals surface area contributed by atoms with E-state index in [1.165, 1.54) is 0 Å². The Labute approximate surface area is 126 Å². The van der Waals surface area contributed by atoms with Crippen molar-refractivity contribution in [3.05, 3.63) is 34.3 Å². The van der Waals surface area contributed by atoms with Gasteiger partial charge in [-0.15, -0.1) is 11.8 Å². The quantitative estimate of drug-likeness (QED) is 0.818. The van der Waals surface area contributed by atoms with Gasteiger partial charge in [-0.05, 0) is 17.7 Å². The first-order chi connectivity index (χ1) is 8.56. The Morgan fingerprint density at radius 1 is 1.28 bits per heavy atom. The van der Waals surface area contributed by atoms with Crippen molar-refractivity contribution >= 4 is 45.2 Å². The van der Waals surface area contributed by atoms with Crippen molar-refractivity contribution in [2.45, 2.75) is 36.0 Å². The highest BCUT2D eigenvalue weighted by molar-refractivity contribution is 9.10. The second-order valence-electron chi connectivity index (χ2n) is 4.64. The largest absolute Gasteiger partial charge is 0.298 e. The summed E-state index contributed by atoms with van der Waals surface area (Å²) in [6.45, 7) is 4.47. The van der Waals surface area contributed by atoms with Crippen molar-refractivity contribution < 1.29 is 4.79 Å². The van der Waals surface area contributed by atoms with E-state index in [9.17, 15) is 4.79 Å². The molecule has 4 heteroatoms. The first-order valence-corrected chi connectivity index (χ1v) is 8.89. The molecule has 1 heterocycles. The van der Waals surface area contributed by atoms with E-state index in [0.717, 1.165) is 15.8 Å². The maximum Gasteiger partial charge on any atom is 0.151 e. The molecular formula is C14H17BrOS2. The van der Waals surface area contributed by atoms with E-state index < -0.39 is 0 Å². The number of hydrogen-bond donors (Lipinski definition) is 0. The molecular weight excluding hydrogens is 328 g/mol. The smallest absolute Gasteiger partial charge is 0.151 e. The van der Waals surface area contributed by atoms with E-state index in [1.807, 2.05) is 47.8 Å². The Bertz CT molecular complexity index is 418. The topological polar surface area (TPSA) is 17.1 Å². The molecule has 1 aromatic carbocycles. The second kappa shape index (κ2) is 6.49. The van der Waals surface area contributed by atoms with E-state index in [0.29, 0.717) is 22.7 Å². The van der Waals surface area contributed by atoms with Crippen LogP contribution in [-0.2, 0) is 11.2 Å². The molecule has 98 valence electrons. The van der Waals surface area contributed by atoms with Crippen LogP contribution in [0.2, 0.25) is 0 Å². The van der Waals surface area contributed by atoms with E-state index in [-0.39, 0.29) is 5.25 Å². The number of rotatable bonds is 3. The van der Waals surface area contributed by atoms with Gasteiger partial charge in [0.25, 0.3) is 0 Å². The number of ketones is 1. The average Bonchev–Trinajstić information content (AvgIpc) is 2.35. The standard InChI is InChI=1S/C14H17BrOS2/c1-9-10(2)18-14(8-17-9)13(16)7-11-3-5-12(15)6-4-11/h3-6,9-10,14H,7-8H2,1-2H3. The number of hydrogen-bond acceptors (Lipinski definition) is 3. The number of Topliss-reactive ketones (excluding diaryl/α,β-unsaturated/α-hetero) is 1. The lowest BCUT2D eigenvalue weighted by Crippen LogP contribution is -2.32. The Morgan fingerprint density at radius 3 is 2.56 bits per heavy atom. The van der Waals surface area contributed by atoms with Crippen LogP contribution in [0.5, 0.6) is 0 Å². The fourth-order valence-electron chi connectivity index (χ4n) is 1.87. The monoisotopic (exact) mass is 344 g/mol. The molecule has 2 rings (SSSR count). The van der Waals surface area contributed by atoms with E-state index in [2.05, 4.69) is 29.8 Å². The lowest BCUT2D eigenvalue weighted by atomic mass is 10.1. The third-order valence-corrected chi connectivity index (χ3v) is 7.17. The molecule has 1 aromatic rings. The number of thioether (sulfide) groups is 2. The molecule has 1 fully saturated rings. The zero-order valence-corrected chi connectivity index (χ0v) is 13.8. The highest BCUT2D eigenvalue weighted by atomic mass is 79.9. The van der Waals surface area contributed by atoms with Gasteiger partial charge in [0.15, 0.2) is 5.78 Å². The molecule has 0 N–H and O–H groups in total. The minimum atomic E-state index is 0.171. The molecule has 1 saturated heterocycles. The third-order valence-electron chi connectivity index (χ3n) is 3.20. The van der Waals surface area contributed by atoms with Crippen molar-refractivity contribution in [1.29, 1.82) is 0 Å². The first-order valence-electron chi connectivity index (χ1n) is 6.10. The zero-order valence-electron chi connectivity index (χ0n) is 10.6. The van der Waals surface area contributed by atoms with Gasteiger partial charge in [-0.3, -0.25) is 4.79 Å². The summed E-state index contributed by atoms with van der Waals surface area (Å²) in [5.74, 6) is 1.33. The molecule has 1 aliphatic heterocycles. The highest BCUT2D eigenvalue weighted by Gasteiger charge is 2.29. The van der Waals surface area contributed by atoms with Crippen LogP contribution < -0.4 is 0 Å². The molecule has 1 aliphatic rings. The molecule has 3 unspecified atom stereocenters. The molecule has 0 saturated carbocycles. The summed E-state index contributed by atoms with van der Waals surface area (Å²) < 4.78 is 1.06. The summed E-state index contributed by atoms with van der Waals surface area (Å²) >= 11 is 7.18. The Morgan fingerprint density at radius 2 is 1.94 bits per heavy atom. The number of benzene rings is 1. The predicted molar refractivity (Wildman–Crippen MR) is 85.6 cm³/mol. The molecule has 0 aromatic heterocycles. The Hall–Kier alpha value is 0.0700. The molecule has 0 amide bonds. The normalized spacial score (nSPS) is 28.1. The molecule has 0 spiro atoms. The number of carbonyl (C=O) groups excluding carboxylic acids is 1. The van der Waals surface area contributed by atoms with Gasteiger partial charge in [-0.2, -0.15) is 11.8 Å². The van der Waals surface area contributed by atoms with Crippen molar-refractivity contribution in [2.24, 2.45) is 0 Å². The average molecular weight is 345 g/mol. The molecule has 18 heavy (non-hydrogen) atoms. The van der Waals surface area contributed by atoms with Gasteiger partial charge in [-0.1, -0.05) is 41.9 Å². The van der Waals surface area contributed by atoms with Crippen LogP contribution in [0.4, 0.5) is 0 Å². The highest BCUT2D eigenvalue weighted by Crippen LogP contribution is 2.36. The van der Waals surface area contributed by atoms with Crippen LogP contribution in [-0.4, -0.2) is 27.3 Å². The lowest BCUT2D eigenvalue weighted by molar-refractivity contribution is -0.117. The maximum absolute atomic E-state index is 12.3. The first kappa shape index (κ1) is 14.5. The summed E-state index contributed by atoms with van der Waals surface area (Å²) in [5.41, 5.74) is 1.11. The zero-order chi connectivity index (χ0) is 13.1. The van der Waals surface area contributed by atoms with E-state index in [1.54, 1.807) is 0 Å². The third kappa shape index (κ3) is 3.78. The summed E-state index contributed by atoms with van der Waals surface area (Å²) in [5, 5.41) is 1.40. The summed E-state index contributed by atoms with van der Waals surface area (Å²) in [6, 6.07) is 8.04. The van der Waals surface area contributed by atoms with Crippen molar-refractivity contribution in [3.8, 4) is 0 Å². The second-order valence-corrected chi connectivity index (χ2v) is 8.55. The van der Waals surface area contributed by atoms with Crippen molar-refractivity contribution in [3.63, 3.8) is 0 Å². The fraction of sp³-hybridized carbons (Fsp3) is 0.500. The molecule has 0 aliphatic carbocycles. The molecule has 1 nitrogen and oxygen atoms in total. The van der Waals surface area contributed by atoms with Crippen molar-refractivity contribution in [2.75, 3.05) is 5.75 Å². The van der Waals surface area contributed by atoms with Crippen LogP contribution in [0.3, 0.4) is 0 Å². The summed E-state index contributed by atoms with van der Waals surface area (Å²) in [7, 11) is 0. The Kier molecular flexibility index (Phi) is 5.22. The van der Waals surface area contributed by atoms with E-state index >= 15 is 0 Å². The maximum atomic E-state index is 12.3. The van der Waals surface area contributed by atoms with Crippen molar-refractivity contribution in [1.82, 2.24) is 0 Å². The van der Waals surface area contributed by atoms with E-state index in [4.69, 9.17) is 0 Å². The van der Waals surface area contributed by atoms with Crippen LogP contribution in [0.15, 0.2) is 28.7 Å². The summed E-state index contributed by atoms with van der Waals surface area (Å²) in [6.07, 6.45) is 0.562.